The van der Waals surface area contributed by atoms with Crippen molar-refractivity contribution < 1.29 is 14.0 Å². The molecule has 0 spiro atoms. The number of carbonyl (C=O) groups is 2. The molecular weight excluding hydrogens is 401 g/mol. The van der Waals surface area contributed by atoms with Crippen LogP contribution in [-0.2, 0) is 9.59 Å². The minimum Gasteiger partial charge on any atom is -0.325 e. The Labute approximate surface area is 179 Å². The van der Waals surface area contributed by atoms with Crippen LogP contribution in [0.3, 0.4) is 0 Å². The van der Waals surface area contributed by atoms with Gasteiger partial charge < -0.3 is 5.32 Å². The molecule has 7 heteroatoms. The van der Waals surface area contributed by atoms with E-state index in [1.165, 1.54) is 36.0 Å². The number of hydrazine groups is 1. The maximum Gasteiger partial charge on any atom is 0.251 e. The summed E-state index contributed by atoms with van der Waals surface area (Å²) >= 11 is 1.22. The molecule has 30 heavy (non-hydrogen) atoms. The first kappa shape index (κ1) is 21.4. The maximum absolute atomic E-state index is 13.0. The standard InChI is InChI=1S/C23H22FN3O2S/c1-17(30-16-22(28)25-19-14-12-18(24)13-15-19)23(29)26-27(20-8-4-2-5-9-20)21-10-6-3-7-11-21/h2-15,17H,16H2,1H3,(H,25,28)(H,26,29). The van der Waals surface area contributed by atoms with Gasteiger partial charge in [0.15, 0.2) is 0 Å². The predicted octanol–water partition coefficient (Wildman–Crippen LogP) is 4.76. The number of thioether (sulfide) groups is 1. The maximum atomic E-state index is 13.0. The molecule has 3 rings (SSSR count). The molecule has 2 N–H and O–H groups in total. The Morgan fingerprint density at radius 2 is 1.43 bits per heavy atom. The van der Waals surface area contributed by atoms with E-state index in [9.17, 15) is 14.0 Å². The van der Waals surface area contributed by atoms with Crippen molar-refractivity contribution in [3.8, 4) is 0 Å². The predicted molar refractivity (Wildman–Crippen MR) is 120 cm³/mol. The number of nitrogens with one attached hydrogen (secondary N) is 2. The molecule has 154 valence electrons. The zero-order valence-electron chi connectivity index (χ0n) is 16.4. The van der Waals surface area contributed by atoms with E-state index in [2.05, 4.69) is 10.7 Å². The molecule has 5 nitrogen and oxygen atoms in total. The molecule has 3 aromatic carbocycles. The van der Waals surface area contributed by atoms with E-state index in [1.54, 1.807) is 11.9 Å². The van der Waals surface area contributed by atoms with E-state index in [4.69, 9.17) is 0 Å². The highest BCUT2D eigenvalue weighted by Gasteiger charge is 2.19. The summed E-state index contributed by atoms with van der Waals surface area (Å²) in [4.78, 5) is 24.9. The number of halogens is 1. The van der Waals surface area contributed by atoms with Crippen LogP contribution in [0.15, 0.2) is 84.9 Å². The van der Waals surface area contributed by atoms with Crippen LogP contribution >= 0.6 is 11.8 Å². The summed E-state index contributed by atoms with van der Waals surface area (Å²) in [5, 5.41) is 3.95. The van der Waals surface area contributed by atoms with Gasteiger partial charge in [-0.1, -0.05) is 36.4 Å². The van der Waals surface area contributed by atoms with Crippen LogP contribution in [0, 0.1) is 5.82 Å². The van der Waals surface area contributed by atoms with E-state index in [0.29, 0.717) is 5.69 Å². The lowest BCUT2D eigenvalue weighted by atomic mass is 10.2. The number of hydrogen-bond acceptors (Lipinski definition) is 4. The van der Waals surface area contributed by atoms with Crippen molar-refractivity contribution in [3.05, 3.63) is 90.7 Å². The molecule has 0 heterocycles. The zero-order valence-corrected chi connectivity index (χ0v) is 17.2. The number of hydrogen-bond donors (Lipinski definition) is 2. The molecular formula is C23H22FN3O2S. The number of benzene rings is 3. The molecule has 0 saturated heterocycles. The number of para-hydroxylation sites is 2. The van der Waals surface area contributed by atoms with Gasteiger partial charge in [0.05, 0.1) is 22.4 Å². The summed E-state index contributed by atoms with van der Waals surface area (Å²) in [5.74, 6) is -0.742. The van der Waals surface area contributed by atoms with Gasteiger partial charge >= 0.3 is 0 Å². The van der Waals surface area contributed by atoms with Gasteiger partial charge in [-0.3, -0.25) is 20.0 Å². The molecule has 0 aliphatic heterocycles. The van der Waals surface area contributed by atoms with Crippen LogP contribution in [0.1, 0.15) is 6.92 Å². The monoisotopic (exact) mass is 423 g/mol. The topological polar surface area (TPSA) is 61.4 Å². The zero-order chi connectivity index (χ0) is 21.3. The third-order valence-corrected chi connectivity index (χ3v) is 5.36. The number of anilines is 3. The van der Waals surface area contributed by atoms with Crippen molar-refractivity contribution >= 4 is 40.6 Å². The molecule has 3 aromatic rings. The molecule has 1 unspecified atom stereocenters. The van der Waals surface area contributed by atoms with Crippen molar-refractivity contribution in [1.29, 1.82) is 0 Å². The minimum atomic E-state index is -0.459. The van der Waals surface area contributed by atoms with Gasteiger partial charge in [0.1, 0.15) is 5.82 Å². The van der Waals surface area contributed by atoms with E-state index >= 15 is 0 Å². The van der Waals surface area contributed by atoms with E-state index in [0.717, 1.165) is 11.4 Å². The van der Waals surface area contributed by atoms with E-state index in [-0.39, 0.29) is 23.4 Å². The first-order valence-electron chi connectivity index (χ1n) is 9.40. The molecule has 0 saturated carbocycles. The quantitative estimate of drug-likeness (QED) is 0.513. The lowest BCUT2D eigenvalue weighted by Gasteiger charge is -2.26. The molecule has 0 aliphatic rings. The fourth-order valence-corrected chi connectivity index (χ4v) is 3.32. The van der Waals surface area contributed by atoms with Crippen LogP contribution in [0.5, 0.6) is 0 Å². The smallest absolute Gasteiger partial charge is 0.251 e. The van der Waals surface area contributed by atoms with Gasteiger partial charge in [0, 0.05) is 5.69 Å². The Balaban J connectivity index is 1.58. The fourth-order valence-electron chi connectivity index (χ4n) is 2.64. The van der Waals surface area contributed by atoms with Crippen LogP contribution in [0.25, 0.3) is 0 Å². The summed E-state index contributed by atoms with van der Waals surface area (Å²) in [6.45, 7) is 1.75. The van der Waals surface area contributed by atoms with E-state index < -0.39 is 5.25 Å². The van der Waals surface area contributed by atoms with Crippen molar-refractivity contribution in [3.63, 3.8) is 0 Å². The van der Waals surface area contributed by atoms with Crippen LogP contribution in [0.4, 0.5) is 21.5 Å². The second-order valence-corrected chi connectivity index (χ2v) is 7.82. The van der Waals surface area contributed by atoms with Crippen LogP contribution in [-0.4, -0.2) is 22.8 Å². The van der Waals surface area contributed by atoms with Crippen molar-refractivity contribution in [2.75, 3.05) is 16.1 Å². The highest BCUT2D eigenvalue weighted by Crippen LogP contribution is 2.23. The van der Waals surface area contributed by atoms with Gasteiger partial charge in [-0.15, -0.1) is 11.8 Å². The van der Waals surface area contributed by atoms with Gasteiger partial charge in [0.2, 0.25) is 5.91 Å². The lowest BCUT2D eigenvalue weighted by Crippen LogP contribution is -2.43. The minimum absolute atomic E-state index is 0.0998. The molecule has 1 atom stereocenters. The Morgan fingerprint density at radius 1 is 0.900 bits per heavy atom. The molecule has 2 amide bonds. The fraction of sp³-hybridized carbons (Fsp3) is 0.130. The third kappa shape index (κ3) is 6.09. The summed E-state index contributed by atoms with van der Waals surface area (Å²) in [6, 6.07) is 24.6. The Kier molecular flexibility index (Phi) is 7.45. The third-order valence-electron chi connectivity index (χ3n) is 4.21. The summed E-state index contributed by atoms with van der Waals surface area (Å²) in [6.07, 6.45) is 0. The highest BCUT2D eigenvalue weighted by atomic mass is 32.2. The molecule has 0 fully saturated rings. The average molecular weight is 424 g/mol. The second kappa shape index (κ2) is 10.5. The largest absolute Gasteiger partial charge is 0.325 e. The molecule has 0 aromatic heterocycles. The number of amides is 2. The van der Waals surface area contributed by atoms with Crippen molar-refractivity contribution in [2.45, 2.75) is 12.2 Å². The Bertz CT molecular complexity index is 929. The molecule has 0 radical (unpaired) electrons. The van der Waals surface area contributed by atoms with E-state index in [1.807, 2.05) is 60.7 Å². The molecule has 0 bridgehead atoms. The first-order chi connectivity index (χ1) is 14.5. The lowest BCUT2D eigenvalue weighted by molar-refractivity contribution is -0.120. The SMILES string of the molecule is CC(SCC(=O)Nc1ccc(F)cc1)C(=O)NN(c1ccccc1)c1ccccc1. The van der Waals surface area contributed by atoms with Gasteiger partial charge in [-0.25, -0.2) is 4.39 Å². The summed E-state index contributed by atoms with van der Waals surface area (Å²) in [5.41, 5.74) is 5.09. The Hall–Kier alpha value is -3.32. The summed E-state index contributed by atoms with van der Waals surface area (Å²) in [7, 11) is 0. The van der Waals surface area contributed by atoms with Gasteiger partial charge in [-0.05, 0) is 55.5 Å². The van der Waals surface area contributed by atoms with Crippen LogP contribution < -0.4 is 15.8 Å². The Morgan fingerprint density at radius 3 is 1.97 bits per heavy atom. The number of rotatable bonds is 8. The molecule has 0 aliphatic carbocycles. The second-order valence-electron chi connectivity index (χ2n) is 6.49. The van der Waals surface area contributed by atoms with Crippen molar-refractivity contribution in [2.24, 2.45) is 0 Å². The van der Waals surface area contributed by atoms with Crippen LogP contribution in [0.2, 0.25) is 0 Å². The number of nitrogens with zero attached hydrogens (tertiary/aromatic N) is 1. The average Bonchev–Trinajstić information content (AvgIpc) is 2.78. The van der Waals surface area contributed by atoms with Crippen molar-refractivity contribution in [1.82, 2.24) is 5.43 Å². The first-order valence-corrected chi connectivity index (χ1v) is 10.5. The van der Waals surface area contributed by atoms with Gasteiger partial charge in [-0.2, -0.15) is 0 Å². The number of carbonyl (C=O) groups excluding carboxylic acids is 2. The van der Waals surface area contributed by atoms with Gasteiger partial charge in [0.25, 0.3) is 5.91 Å². The highest BCUT2D eigenvalue weighted by molar-refractivity contribution is 8.01. The normalized spacial score (nSPS) is 11.4. The summed E-state index contributed by atoms with van der Waals surface area (Å²) < 4.78 is 13.0.